The average Bonchev–Trinajstić information content (AvgIpc) is 2.60. The Labute approximate surface area is 156 Å². The lowest BCUT2D eigenvalue weighted by atomic mass is 9.79. The summed E-state index contributed by atoms with van der Waals surface area (Å²) in [6.45, 7) is 0.817. The summed E-state index contributed by atoms with van der Waals surface area (Å²) in [5.41, 5.74) is -10.2. The summed E-state index contributed by atoms with van der Waals surface area (Å²) < 4.78 is 136. The molecular formula is C17H10F10O2. The van der Waals surface area contributed by atoms with Gasteiger partial charge in [-0.2, -0.15) is 0 Å². The van der Waals surface area contributed by atoms with Crippen molar-refractivity contribution in [2.45, 2.75) is 31.5 Å². The topological polar surface area (TPSA) is 40.5 Å². The van der Waals surface area contributed by atoms with Crippen LogP contribution in [0.3, 0.4) is 0 Å². The molecule has 0 aliphatic heterocycles. The summed E-state index contributed by atoms with van der Waals surface area (Å²) in [4.78, 5) is 0. The first-order valence-electron chi connectivity index (χ1n) is 7.54. The van der Waals surface area contributed by atoms with Gasteiger partial charge in [0.15, 0.2) is 46.5 Å². The average molecular weight is 436 g/mol. The zero-order valence-corrected chi connectivity index (χ0v) is 14.4. The van der Waals surface area contributed by atoms with Gasteiger partial charge in [-0.1, -0.05) is 0 Å². The number of halogens is 10. The van der Waals surface area contributed by atoms with Crippen LogP contribution in [0.4, 0.5) is 43.9 Å². The van der Waals surface area contributed by atoms with Gasteiger partial charge < -0.3 is 10.2 Å². The van der Waals surface area contributed by atoms with E-state index < -0.39 is 86.9 Å². The van der Waals surface area contributed by atoms with Gasteiger partial charge in [-0.25, -0.2) is 43.9 Å². The van der Waals surface area contributed by atoms with Gasteiger partial charge in [0, 0.05) is 6.42 Å². The predicted molar refractivity (Wildman–Crippen MR) is 76.2 cm³/mol. The molecule has 2 nitrogen and oxygen atoms in total. The number of rotatable bonds is 4. The van der Waals surface area contributed by atoms with Crippen LogP contribution in [0, 0.1) is 58.2 Å². The fourth-order valence-electron chi connectivity index (χ4n) is 3.00. The van der Waals surface area contributed by atoms with Gasteiger partial charge in [0.05, 0.1) is 22.3 Å². The largest absolute Gasteiger partial charge is 0.385 e. The fraction of sp³-hybridized carbons (Fsp3) is 0.294. The normalized spacial score (nSPS) is 15.9. The van der Waals surface area contributed by atoms with E-state index in [2.05, 4.69) is 0 Å². The number of benzene rings is 2. The molecule has 0 saturated carbocycles. The quantitative estimate of drug-likeness (QED) is 0.419. The number of hydrogen-bond donors (Lipinski definition) is 2. The molecule has 0 aliphatic rings. The molecule has 0 fully saturated rings. The molecule has 0 aliphatic carbocycles. The Bertz CT molecular complexity index is 863. The fourth-order valence-corrected chi connectivity index (χ4v) is 3.00. The molecule has 2 N–H and O–H groups in total. The van der Waals surface area contributed by atoms with Crippen LogP contribution < -0.4 is 0 Å². The Morgan fingerprint density at radius 3 is 0.828 bits per heavy atom. The summed E-state index contributed by atoms with van der Waals surface area (Å²) in [6, 6.07) is 0. The Hall–Kier alpha value is -2.34. The van der Waals surface area contributed by atoms with Gasteiger partial charge >= 0.3 is 0 Å². The van der Waals surface area contributed by atoms with Gasteiger partial charge in [0.1, 0.15) is 0 Å². The summed E-state index contributed by atoms with van der Waals surface area (Å²) in [6.07, 6.45) is -1.63. The van der Waals surface area contributed by atoms with E-state index in [9.17, 15) is 54.1 Å². The minimum atomic E-state index is -3.22. The van der Waals surface area contributed by atoms with Crippen LogP contribution >= 0.6 is 0 Å². The summed E-state index contributed by atoms with van der Waals surface area (Å²) in [7, 11) is 0. The molecule has 0 amide bonds. The third-order valence-electron chi connectivity index (χ3n) is 4.19. The van der Waals surface area contributed by atoms with Crippen molar-refractivity contribution in [2.75, 3.05) is 0 Å². The Morgan fingerprint density at radius 1 is 0.448 bits per heavy atom. The molecule has 0 bridgehead atoms. The van der Waals surface area contributed by atoms with Crippen LogP contribution in [0.1, 0.15) is 31.4 Å². The second-order valence-corrected chi connectivity index (χ2v) is 6.61. The van der Waals surface area contributed by atoms with Crippen LogP contribution in [0.5, 0.6) is 0 Å². The first kappa shape index (κ1) is 22.9. The number of aliphatic hydroxyl groups is 2. The second-order valence-electron chi connectivity index (χ2n) is 6.61. The van der Waals surface area contributed by atoms with E-state index in [0.29, 0.717) is 13.8 Å². The van der Waals surface area contributed by atoms with Crippen LogP contribution in [0.15, 0.2) is 0 Å². The molecule has 0 radical (unpaired) electrons. The van der Waals surface area contributed by atoms with Crippen molar-refractivity contribution in [3.8, 4) is 0 Å². The molecule has 29 heavy (non-hydrogen) atoms. The smallest absolute Gasteiger partial charge is 0.200 e. The molecule has 2 atom stereocenters. The monoisotopic (exact) mass is 436 g/mol. The maximum atomic E-state index is 13.9. The minimum Gasteiger partial charge on any atom is -0.385 e. The van der Waals surface area contributed by atoms with Gasteiger partial charge in [-0.15, -0.1) is 0 Å². The third-order valence-corrected chi connectivity index (χ3v) is 4.19. The predicted octanol–water partition coefficient (Wildman–Crippen LogP) is 4.58. The van der Waals surface area contributed by atoms with Crippen molar-refractivity contribution >= 4 is 0 Å². The van der Waals surface area contributed by atoms with Crippen LogP contribution in [-0.4, -0.2) is 10.2 Å². The van der Waals surface area contributed by atoms with E-state index in [1.54, 1.807) is 0 Å². The van der Waals surface area contributed by atoms with Crippen LogP contribution in [0.2, 0.25) is 0 Å². The van der Waals surface area contributed by atoms with E-state index >= 15 is 0 Å². The van der Waals surface area contributed by atoms with Crippen molar-refractivity contribution in [3.63, 3.8) is 0 Å². The van der Waals surface area contributed by atoms with E-state index in [-0.39, 0.29) is 0 Å². The zero-order valence-electron chi connectivity index (χ0n) is 14.4. The maximum absolute atomic E-state index is 13.9. The highest BCUT2D eigenvalue weighted by atomic mass is 19.2. The van der Waals surface area contributed by atoms with Gasteiger partial charge in [-0.3, -0.25) is 0 Å². The van der Waals surface area contributed by atoms with E-state index in [0.717, 1.165) is 0 Å². The SMILES string of the molecule is CC(O)(CC(C)(O)c1c(F)c(F)c(F)c(F)c1F)c1c(F)c(F)c(F)c(F)c1F. The Balaban J connectivity index is 2.68. The van der Waals surface area contributed by atoms with Crippen LogP contribution in [0.25, 0.3) is 0 Å². The first-order chi connectivity index (χ1) is 13.1. The molecule has 12 heteroatoms. The van der Waals surface area contributed by atoms with E-state index in [1.165, 1.54) is 0 Å². The Kier molecular flexibility index (Phi) is 5.67. The standard InChI is InChI=1S/C17H10F10O2/c1-16(28,4-6(18)10(22)14(26)11(23)7(4)19)3-17(2,29)5-8(20)12(24)15(27)13(25)9(5)21/h28-29H,3H2,1-2H3. The maximum Gasteiger partial charge on any atom is 0.200 e. The lowest BCUT2D eigenvalue weighted by molar-refractivity contribution is -0.0602. The zero-order chi connectivity index (χ0) is 22.6. The molecule has 2 rings (SSSR count). The highest BCUT2D eigenvalue weighted by molar-refractivity contribution is 5.33. The van der Waals surface area contributed by atoms with Crippen molar-refractivity contribution in [3.05, 3.63) is 69.3 Å². The first-order valence-corrected chi connectivity index (χ1v) is 7.54. The molecule has 2 unspecified atom stereocenters. The minimum absolute atomic E-state index is 0.409. The molecule has 0 spiro atoms. The molecule has 2 aromatic carbocycles. The van der Waals surface area contributed by atoms with Gasteiger partial charge in [0.2, 0.25) is 11.6 Å². The number of hydrogen-bond acceptors (Lipinski definition) is 2. The van der Waals surface area contributed by atoms with Gasteiger partial charge in [-0.05, 0) is 13.8 Å². The molecule has 2 aromatic rings. The summed E-state index contributed by atoms with van der Waals surface area (Å²) in [5, 5.41) is 20.5. The molecular weight excluding hydrogens is 426 g/mol. The lowest BCUT2D eigenvalue weighted by Gasteiger charge is -2.34. The molecule has 0 heterocycles. The van der Waals surface area contributed by atoms with Crippen molar-refractivity contribution in [2.24, 2.45) is 0 Å². The van der Waals surface area contributed by atoms with E-state index in [1.807, 2.05) is 0 Å². The second kappa shape index (κ2) is 7.17. The highest BCUT2D eigenvalue weighted by Crippen LogP contribution is 2.42. The molecule has 160 valence electrons. The highest BCUT2D eigenvalue weighted by Gasteiger charge is 2.45. The summed E-state index contributed by atoms with van der Waals surface area (Å²) in [5.74, 6) is -25.0. The van der Waals surface area contributed by atoms with Crippen LogP contribution in [-0.2, 0) is 11.2 Å². The van der Waals surface area contributed by atoms with Crippen molar-refractivity contribution < 1.29 is 54.1 Å². The molecule has 0 aromatic heterocycles. The summed E-state index contributed by atoms with van der Waals surface area (Å²) >= 11 is 0. The lowest BCUT2D eigenvalue weighted by Crippen LogP contribution is -2.37. The third kappa shape index (κ3) is 3.54. The van der Waals surface area contributed by atoms with E-state index in [4.69, 9.17) is 0 Å². The van der Waals surface area contributed by atoms with Gasteiger partial charge in [0.25, 0.3) is 0 Å². The Morgan fingerprint density at radius 2 is 0.621 bits per heavy atom. The van der Waals surface area contributed by atoms with Crippen molar-refractivity contribution in [1.29, 1.82) is 0 Å². The van der Waals surface area contributed by atoms with Crippen molar-refractivity contribution in [1.82, 2.24) is 0 Å². The molecule has 0 saturated heterocycles.